The van der Waals surface area contributed by atoms with Gasteiger partial charge in [-0.15, -0.1) is 0 Å². The number of carbonyl (C=O) groups is 1. The number of carbonyl (C=O) groups excluding carboxylic acids is 1. The van der Waals surface area contributed by atoms with Crippen LogP contribution in [0.3, 0.4) is 0 Å². The van der Waals surface area contributed by atoms with Crippen LogP contribution >= 0.6 is 0 Å². The number of hydrogen-bond donors (Lipinski definition) is 0. The van der Waals surface area contributed by atoms with Crippen LogP contribution in [-0.4, -0.2) is 53.6 Å². The molecule has 1 saturated heterocycles. The predicted molar refractivity (Wildman–Crippen MR) is 109 cm³/mol. The molecule has 0 N–H and O–H groups in total. The summed E-state index contributed by atoms with van der Waals surface area (Å²) in [4.78, 5) is 17.6. The molecule has 0 unspecified atom stereocenters. The summed E-state index contributed by atoms with van der Waals surface area (Å²) in [6.45, 7) is 3.02. The molecule has 152 valence electrons. The summed E-state index contributed by atoms with van der Waals surface area (Å²) in [6, 6.07) is 15.6. The maximum Gasteiger partial charge on any atom is 0.254 e. The normalized spacial score (nSPS) is 17.5. The summed E-state index contributed by atoms with van der Waals surface area (Å²) in [7, 11) is 1.86. The fraction of sp³-hybridized carbons (Fsp3) is 0.409. The van der Waals surface area contributed by atoms with Crippen LogP contribution < -0.4 is 4.90 Å². The zero-order chi connectivity index (χ0) is 20.2. The average molecular weight is 394 g/mol. The smallest absolute Gasteiger partial charge is 0.254 e. The Balaban J connectivity index is 1.34. The molecular formula is C22H26N4O3. The molecule has 0 bridgehead atoms. The van der Waals surface area contributed by atoms with Crippen molar-refractivity contribution >= 4 is 16.9 Å². The van der Waals surface area contributed by atoms with E-state index in [1.165, 1.54) is 5.56 Å². The first-order valence-electron chi connectivity index (χ1n) is 10.1. The van der Waals surface area contributed by atoms with Gasteiger partial charge in [-0.3, -0.25) is 9.42 Å². The molecule has 1 aromatic heterocycles. The van der Waals surface area contributed by atoms with Crippen molar-refractivity contribution in [1.82, 2.24) is 15.0 Å². The first kappa shape index (κ1) is 19.4. The van der Waals surface area contributed by atoms with Gasteiger partial charge < -0.3 is 15.0 Å². The number of likely N-dealkylation sites (N-methyl/N-ethyl adjacent to an activating group) is 1. The van der Waals surface area contributed by atoms with Crippen LogP contribution in [0.15, 0.2) is 53.2 Å². The van der Waals surface area contributed by atoms with Gasteiger partial charge in [0.05, 0.1) is 0 Å². The third-order valence-electron chi connectivity index (χ3n) is 5.76. The molecule has 0 radical (unpaired) electrons. The van der Waals surface area contributed by atoms with E-state index in [1.807, 2.05) is 18.0 Å². The molecule has 1 amide bonds. The van der Waals surface area contributed by atoms with Crippen molar-refractivity contribution in [3.8, 4) is 0 Å². The Labute approximate surface area is 170 Å². The van der Waals surface area contributed by atoms with Gasteiger partial charge in [0.25, 0.3) is 5.91 Å². The standard InChI is InChI=1S/C22H26N4O3/c1-24(22(27)18-11-12-21-20(15-18)23-29-26(21)28)19-10-6-14-25(16-19)13-5-9-17-7-3-2-4-8-17/h2-4,7-8,11-12,15,19H,5-6,9-10,13-14,16H2,1H3/t19-/m1/s1. The number of nitrogens with zero attached hydrogens (tertiary/aromatic N) is 4. The number of amides is 1. The van der Waals surface area contributed by atoms with E-state index in [0.717, 1.165) is 45.3 Å². The third kappa shape index (κ3) is 4.40. The molecule has 1 aliphatic heterocycles. The first-order chi connectivity index (χ1) is 14.1. The SMILES string of the molecule is CN(C(=O)c1ccc2c(c1)no[n+]2[O-])[C@@H]1CCCN(CCCc2ccccc2)C1. The van der Waals surface area contributed by atoms with Crippen LogP contribution in [0.2, 0.25) is 0 Å². The van der Waals surface area contributed by atoms with E-state index in [-0.39, 0.29) is 11.9 Å². The van der Waals surface area contributed by atoms with Crippen molar-refractivity contribution in [2.45, 2.75) is 31.7 Å². The first-order valence-corrected chi connectivity index (χ1v) is 10.1. The van der Waals surface area contributed by atoms with Crippen molar-refractivity contribution < 1.29 is 14.3 Å². The molecule has 4 rings (SSSR count). The Kier molecular flexibility index (Phi) is 5.76. The fourth-order valence-electron chi connectivity index (χ4n) is 4.08. The monoisotopic (exact) mass is 394 g/mol. The lowest BCUT2D eigenvalue weighted by Gasteiger charge is -2.37. The molecule has 0 spiro atoms. The second kappa shape index (κ2) is 8.61. The van der Waals surface area contributed by atoms with E-state index in [0.29, 0.717) is 21.5 Å². The second-order valence-electron chi connectivity index (χ2n) is 7.74. The zero-order valence-corrected chi connectivity index (χ0v) is 16.7. The summed E-state index contributed by atoms with van der Waals surface area (Å²) in [5, 5.41) is 15.1. The van der Waals surface area contributed by atoms with E-state index in [1.54, 1.807) is 18.2 Å². The summed E-state index contributed by atoms with van der Waals surface area (Å²) < 4.78 is 4.59. The Bertz CT molecular complexity index is 973. The topological polar surface area (TPSA) is 76.5 Å². The summed E-state index contributed by atoms with van der Waals surface area (Å²) >= 11 is 0. The van der Waals surface area contributed by atoms with Gasteiger partial charge in [-0.25, -0.2) is 0 Å². The number of aromatic nitrogens is 2. The average Bonchev–Trinajstić information content (AvgIpc) is 3.14. The van der Waals surface area contributed by atoms with Crippen LogP contribution in [0, 0.1) is 5.21 Å². The Morgan fingerprint density at radius 3 is 2.97 bits per heavy atom. The molecule has 0 aliphatic carbocycles. The van der Waals surface area contributed by atoms with E-state index in [4.69, 9.17) is 0 Å². The molecular weight excluding hydrogens is 368 g/mol. The van der Waals surface area contributed by atoms with Crippen LogP contribution in [0.25, 0.3) is 11.0 Å². The summed E-state index contributed by atoms with van der Waals surface area (Å²) in [5.74, 6) is -0.0523. The number of fused-ring (bicyclic) bond motifs is 1. The van der Waals surface area contributed by atoms with Crippen molar-refractivity contribution in [2.24, 2.45) is 0 Å². The largest absolute Gasteiger partial charge is 0.359 e. The molecule has 29 heavy (non-hydrogen) atoms. The lowest BCUT2D eigenvalue weighted by atomic mass is 10.0. The highest BCUT2D eigenvalue weighted by Gasteiger charge is 2.27. The van der Waals surface area contributed by atoms with E-state index >= 15 is 0 Å². The minimum absolute atomic E-state index is 0.0523. The maximum absolute atomic E-state index is 13.0. The molecule has 2 heterocycles. The van der Waals surface area contributed by atoms with Crippen LogP contribution in [-0.2, 0) is 6.42 Å². The van der Waals surface area contributed by atoms with Crippen molar-refractivity contribution in [3.63, 3.8) is 0 Å². The maximum atomic E-state index is 13.0. The van der Waals surface area contributed by atoms with Gasteiger partial charge in [-0.1, -0.05) is 30.3 Å². The fourth-order valence-corrected chi connectivity index (χ4v) is 4.08. The molecule has 1 fully saturated rings. The summed E-state index contributed by atoms with van der Waals surface area (Å²) in [5.41, 5.74) is 2.61. The van der Waals surface area contributed by atoms with Crippen LogP contribution in [0.1, 0.15) is 35.2 Å². The highest BCUT2D eigenvalue weighted by atomic mass is 16.8. The highest BCUT2D eigenvalue weighted by molar-refractivity contribution is 5.96. The number of hydrogen-bond acceptors (Lipinski definition) is 5. The number of rotatable bonds is 6. The number of likely N-dealkylation sites (tertiary alicyclic amines) is 1. The van der Waals surface area contributed by atoms with Gasteiger partial charge in [0.1, 0.15) is 0 Å². The van der Waals surface area contributed by atoms with Gasteiger partial charge in [-0.05, 0) is 61.4 Å². The van der Waals surface area contributed by atoms with Gasteiger partial charge >= 0.3 is 0 Å². The highest BCUT2D eigenvalue weighted by Crippen LogP contribution is 2.19. The van der Waals surface area contributed by atoms with E-state index < -0.39 is 0 Å². The van der Waals surface area contributed by atoms with E-state index in [2.05, 4.69) is 39.0 Å². The van der Waals surface area contributed by atoms with Gasteiger partial charge in [0, 0.05) is 36.4 Å². The van der Waals surface area contributed by atoms with Gasteiger partial charge in [-0.2, -0.15) is 0 Å². The molecule has 0 saturated carbocycles. The van der Waals surface area contributed by atoms with Crippen LogP contribution in [0.4, 0.5) is 0 Å². The quantitative estimate of drug-likeness (QED) is 0.601. The molecule has 7 nitrogen and oxygen atoms in total. The van der Waals surface area contributed by atoms with Crippen LogP contribution in [0.5, 0.6) is 0 Å². The van der Waals surface area contributed by atoms with Gasteiger partial charge in [0.15, 0.2) is 0 Å². The molecule has 1 aliphatic rings. The lowest BCUT2D eigenvalue weighted by molar-refractivity contribution is -0.782. The number of benzene rings is 2. The third-order valence-corrected chi connectivity index (χ3v) is 5.76. The Hall–Kier alpha value is -2.93. The predicted octanol–water partition coefficient (Wildman–Crippen LogP) is 2.63. The molecule has 3 aromatic rings. The van der Waals surface area contributed by atoms with Crippen molar-refractivity contribution in [1.29, 1.82) is 0 Å². The summed E-state index contributed by atoms with van der Waals surface area (Å²) in [6.07, 6.45) is 4.29. The minimum atomic E-state index is -0.0523. The van der Waals surface area contributed by atoms with Crippen molar-refractivity contribution in [3.05, 3.63) is 64.9 Å². The Morgan fingerprint density at radius 1 is 1.31 bits per heavy atom. The van der Waals surface area contributed by atoms with E-state index in [9.17, 15) is 10.0 Å². The molecule has 1 atom stereocenters. The molecule has 7 heteroatoms. The lowest BCUT2D eigenvalue weighted by Crippen LogP contribution is -2.48. The van der Waals surface area contributed by atoms with Crippen molar-refractivity contribution in [2.75, 3.05) is 26.7 Å². The number of piperidine rings is 1. The number of aryl methyl sites for hydroxylation is 1. The minimum Gasteiger partial charge on any atom is -0.359 e. The molecule has 2 aromatic carbocycles. The second-order valence-corrected chi connectivity index (χ2v) is 7.74. The van der Waals surface area contributed by atoms with Gasteiger partial charge in [0.2, 0.25) is 11.0 Å². The Morgan fingerprint density at radius 2 is 2.14 bits per heavy atom. The zero-order valence-electron chi connectivity index (χ0n) is 16.7.